The SMILES string of the molecule is CCCCCCCCCCCCNC(=O)NC(CO)C(O)C=Cc1ccccc1. The minimum Gasteiger partial charge on any atom is -0.394 e. The van der Waals surface area contributed by atoms with Crippen LogP contribution in [-0.2, 0) is 0 Å². The second-order valence-corrected chi connectivity index (χ2v) is 7.63. The molecular formula is C24H40N2O3. The quantitative estimate of drug-likeness (QED) is 0.303. The Kier molecular flexibility index (Phi) is 14.8. The van der Waals surface area contributed by atoms with E-state index >= 15 is 0 Å². The fraction of sp³-hybridized carbons (Fsp3) is 0.625. The summed E-state index contributed by atoms with van der Waals surface area (Å²) in [5.41, 5.74) is 0.952. The summed E-state index contributed by atoms with van der Waals surface area (Å²) in [4.78, 5) is 12.0. The predicted molar refractivity (Wildman–Crippen MR) is 121 cm³/mol. The molecule has 0 aliphatic heterocycles. The molecule has 2 unspecified atom stereocenters. The van der Waals surface area contributed by atoms with Gasteiger partial charge in [-0.05, 0) is 12.0 Å². The third-order valence-electron chi connectivity index (χ3n) is 5.03. The standard InChI is InChI=1S/C24H40N2O3/c1-2-3-4-5-6-7-8-9-10-14-19-25-24(29)26-22(20-27)23(28)18-17-21-15-12-11-13-16-21/h11-13,15-18,22-23,27-28H,2-10,14,19-20H2,1H3,(H2,25,26,29). The molecule has 164 valence electrons. The van der Waals surface area contributed by atoms with Gasteiger partial charge in [0.2, 0.25) is 0 Å². The van der Waals surface area contributed by atoms with E-state index in [-0.39, 0.29) is 12.6 Å². The zero-order valence-corrected chi connectivity index (χ0v) is 18.0. The van der Waals surface area contributed by atoms with Gasteiger partial charge >= 0.3 is 6.03 Å². The van der Waals surface area contributed by atoms with Crippen molar-refractivity contribution in [3.05, 3.63) is 42.0 Å². The lowest BCUT2D eigenvalue weighted by Gasteiger charge is -2.20. The number of aliphatic hydroxyl groups excluding tert-OH is 2. The zero-order valence-electron chi connectivity index (χ0n) is 18.0. The van der Waals surface area contributed by atoms with E-state index < -0.39 is 12.1 Å². The number of hydrogen-bond acceptors (Lipinski definition) is 3. The van der Waals surface area contributed by atoms with Crippen LogP contribution in [0.3, 0.4) is 0 Å². The number of urea groups is 1. The van der Waals surface area contributed by atoms with Gasteiger partial charge in [-0.1, -0.05) is 107 Å². The third-order valence-corrected chi connectivity index (χ3v) is 5.03. The minimum absolute atomic E-state index is 0.327. The maximum absolute atomic E-state index is 12.0. The van der Waals surface area contributed by atoms with Crippen LogP contribution in [0.25, 0.3) is 6.08 Å². The second-order valence-electron chi connectivity index (χ2n) is 7.63. The van der Waals surface area contributed by atoms with Crippen LogP contribution in [0.15, 0.2) is 36.4 Å². The molecule has 29 heavy (non-hydrogen) atoms. The molecule has 0 saturated carbocycles. The molecule has 0 bridgehead atoms. The van der Waals surface area contributed by atoms with Gasteiger partial charge in [-0.25, -0.2) is 4.79 Å². The number of amides is 2. The molecular weight excluding hydrogens is 364 g/mol. The van der Waals surface area contributed by atoms with Crippen molar-refractivity contribution in [1.29, 1.82) is 0 Å². The highest BCUT2D eigenvalue weighted by Crippen LogP contribution is 2.10. The van der Waals surface area contributed by atoms with Gasteiger partial charge in [0.1, 0.15) is 0 Å². The van der Waals surface area contributed by atoms with Gasteiger partial charge in [-0.2, -0.15) is 0 Å². The van der Waals surface area contributed by atoms with Crippen LogP contribution in [0.5, 0.6) is 0 Å². The van der Waals surface area contributed by atoms with Crippen LogP contribution in [0.4, 0.5) is 4.79 Å². The minimum atomic E-state index is -0.955. The van der Waals surface area contributed by atoms with Crippen molar-refractivity contribution in [3.63, 3.8) is 0 Å². The Labute approximate surface area is 176 Å². The highest BCUT2D eigenvalue weighted by Gasteiger charge is 2.17. The number of benzene rings is 1. The van der Waals surface area contributed by atoms with Crippen molar-refractivity contribution in [3.8, 4) is 0 Å². The summed E-state index contributed by atoms with van der Waals surface area (Å²) in [5.74, 6) is 0. The van der Waals surface area contributed by atoms with E-state index in [0.717, 1.165) is 18.4 Å². The fourth-order valence-electron chi connectivity index (χ4n) is 3.18. The first-order valence-corrected chi connectivity index (χ1v) is 11.2. The smallest absolute Gasteiger partial charge is 0.315 e. The van der Waals surface area contributed by atoms with Crippen LogP contribution in [0.1, 0.15) is 76.7 Å². The van der Waals surface area contributed by atoms with E-state index in [4.69, 9.17) is 0 Å². The first kappa shape index (κ1) is 25.2. The molecule has 0 radical (unpaired) electrons. The van der Waals surface area contributed by atoms with Crippen molar-refractivity contribution in [2.45, 2.75) is 83.3 Å². The molecule has 5 heteroatoms. The van der Waals surface area contributed by atoms with Crippen molar-refractivity contribution < 1.29 is 15.0 Å². The van der Waals surface area contributed by atoms with E-state index in [1.807, 2.05) is 30.3 Å². The lowest BCUT2D eigenvalue weighted by molar-refractivity contribution is 0.126. The highest BCUT2D eigenvalue weighted by molar-refractivity contribution is 5.74. The molecule has 1 aromatic rings. The molecule has 0 saturated heterocycles. The topological polar surface area (TPSA) is 81.6 Å². The number of aliphatic hydroxyl groups is 2. The molecule has 1 rings (SSSR count). The lowest BCUT2D eigenvalue weighted by atomic mass is 10.1. The summed E-state index contributed by atoms with van der Waals surface area (Å²) in [5, 5.41) is 25.1. The molecule has 5 nitrogen and oxygen atoms in total. The van der Waals surface area contributed by atoms with Crippen LogP contribution in [0, 0.1) is 0 Å². The molecule has 0 heterocycles. The fourth-order valence-corrected chi connectivity index (χ4v) is 3.18. The number of unbranched alkanes of at least 4 members (excludes halogenated alkanes) is 9. The molecule has 4 N–H and O–H groups in total. The second kappa shape index (κ2) is 17.0. The first-order chi connectivity index (χ1) is 14.2. The predicted octanol–water partition coefficient (Wildman–Crippen LogP) is 4.64. The maximum atomic E-state index is 12.0. The molecule has 0 aliphatic carbocycles. The third kappa shape index (κ3) is 13.1. The van der Waals surface area contributed by atoms with Crippen LogP contribution >= 0.6 is 0 Å². The molecule has 0 fully saturated rings. The van der Waals surface area contributed by atoms with E-state index in [0.29, 0.717) is 6.54 Å². The van der Waals surface area contributed by atoms with Crippen LogP contribution in [0.2, 0.25) is 0 Å². The number of nitrogens with one attached hydrogen (secondary N) is 2. The Morgan fingerprint density at radius 3 is 2.14 bits per heavy atom. The summed E-state index contributed by atoms with van der Waals surface area (Å²) in [7, 11) is 0. The molecule has 0 aromatic heterocycles. The van der Waals surface area contributed by atoms with Crippen molar-refractivity contribution in [1.82, 2.24) is 10.6 Å². The van der Waals surface area contributed by atoms with Gasteiger partial charge in [-0.3, -0.25) is 0 Å². The van der Waals surface area contributed by atoms with E-state index in [1.165, 1.54) is 51.4 Å². The summed E-state index contributed by atoms with van der Waals surface area (Å²) >= 11 is 0. The Morgan fingerprint density at radius 1 is 0.966 bits per heavy atom. The molecule has 2 atom stereocenters. The van der Waals surface area contributed by atoms with Crippen molar-refractivity contribution in [2.24, 2.45) is 0 Å². The van der Waals surface area contributed by atoms with Gasteiger partial charge in [0.05, 0.1) is 18.8 Å². The van der Waals surface area contributed by atoms with Crippen molar-refractivity contribution in [2.75, 3.05) is 13.2 Å². The van der Waals surface area contributed by atoms with E-state index in [1.54, 1.807) is 12.2 Å². The number of hydrogen-bond donors (Lipinski definition) is 4. The van der Waals surface area contributed by atoms with Gasteiger partial charge < -0.3 is 20.8 Å². The largest absolute Gasteiger partial charge is 0.394 e. The van der Waals surface area contributed by atoms with Crippen LogP contribution in [-0.4, -0.2) is 41.5 Å². The van der Waals surface area contributed by atoms with E-state index in [2.05, 4.69) is 17.6 Å². The Bertz CT molecular complexity index is 548. The normalized spacial score (nSPS) is 13.3. The number of carbonyl (C=O) groups excluding carboxylic acids is 1. The summed E-state index contributed by atoms with van der Waals surface area (Å²) < 4.78 is 0. The molecule has 0 aliphatic rings. The zero-order chi connectivity index (χ0) is 21.2. The highest BCUT2D eigenvalue weighted by atomic mass is 16.3. The summed E-state index contributed by atoms with van der Waals surface area (Å²) in [6.45, 7) is 2.52. The van der Waals surface area contributed by atoms with Gasteiger partial charge in [0.15, 0.2) is 0 Å². The number of carbonyl (C=O) groups is 1. The summed E-state index contributed by atoms with van der Waals surface area (Å²) in [6.07, 6.45) is 14.9. The monoisotopic (exact) mass is 404 g/mol. The average molecular weight is 405 g/mol. The Morgan fingerprint density at radius 2 is 1.55 bits per heavy atom. The lowest BCUT2D eigenvalue weighted by Crippen LogP contribution is -2.49. The van der Waals surface area contributed by atoms with Gasteiger partial charge in [-0.15, -0.1) is 0 Å². The summed E-state index contributed by atoms with van der Waals surface area (Å²) in [6, 6.07) is 8.50. The van der Waals surface area contributed by atoms with E-state index in [9.17, 15) is 15.0 Å². The van der Waals surface area contributed by atoms with Gasteiger partial charge in [0.25, 0.3) is 0 Å². The van der Waals surface area contributed by atoms with Crippen molar-refractivity contribution >= 4 is 12.1 Å². The molecule has 1 aromatic carbocycles. The first-order valence-electron chi connectivity index (χ1n) is 11.2. The van der Waals surface area contributed by atoms with Crippen LogP contribution < -0.4 is 10.6 Å². The number of rotatable bonds is 16. The average Bonchev–Trinajstić information content (AvgIpc) is 2.74. The molecule has 2 amide bonds. The molecule has 0 spiro atoms. The Balaban J connectivity index is 2.10. The maximum Gasteiger partial charge on any atom is 0.315 e. The Hall–Kier alpha value is -1.85. The van der Waals surface area contributed by atoms with Gasteiger partial charge in [0, 0.05) is 6.54 Å².